The minimum Gasteiger partial charge on any atom is -0.475 e. The first-order valence-corrected chi connectivity index (χ1v) is 4.74. The molecule has 0 atom stereocenters. The molecule has 0 aromatic heterocycles. The van der Waals surface area contributed by atoms with Crippen molar-refractivity contribution in [1.29, 1.82) is 0 Å². The Hall–Kier alpha value is -1.50. The fourth-order valence-electron chi connectivity index (χ4n) is 0.931. The number of Topliss-reactive ketones (excluding diaryl/α,β-unsaturated/α-hetero) is 1. The number of rotatable bonds is 3. The summed E-state index contributed by atoms with van der Waals surface area (Å²) < 4.78 is 35.8. The summed E-state index contributed by atoms with van der Waals surface area (Å²) in [5, 5.41) is 8.36. The van der Waals surface area contributed by atoms with Crippen molar-refractivity contribution in [2.75, 3.05) is 0 Å². The average molecular weight is 250 g/mol. The van der Waals surface area contributed by atoms with Gasteiger partial charge in [0.1, 0.15) is 0 Å². The van der Waals surface area contributed by atoms with E-state index in [0.29, 0.717) is 0 Å². The van der Waals surface area contributed by atoms with Crippen LogP contribution >= 0.6 is 11.8 Å². The largest absolute Gasteiger partial charge is 0.475 e. The van der Waals surface area contributed by atoms with Crippen LogP contribution in [0.1, 0.15) is 10.4 Å². The summed E-state index contributed by atoms with van der Waals surface area (Å²) in [6.45, 7) is 0. The number of hydrogen-bond acceptors (Lipinski definition) is 3. The maximum absolute atomic E-state index is 11.9. The minimum absolute atomic E-state index is 0.102. The second-order valence-electron chi connectivity index (χ2n) is 2.71. The Balaban J connectivity index is 2.84. The van der Waals surface area contributed by atoms with Gasteiger partial charge in [0.2, 0.25) is 0 Å². The van der Waals surface area contributed by atoms with Crippen LogP contribution in [0.4, 0.5) is 13.2 Å². The maximum atomic E-state index is 11.9. The van der Waals surface area contributed by atoms with E-state index in [2.05, 4.69) is 0 Å². The number of carbonyl (C=O) groups is 2. The Morgan fingerprint density at radius 3 is 2.00 bits per heavy atom. The van der Waals surface area contributed by atoms with Gasteiger partial charge in [0, 0.05) is 10.5 Å². The highest BCUT2D eigenvalue weighted by Gasteiger charge is 2.29. The molecule has 16 heavy (non-hydrogen) atoms. The Morgan fingerprint density at radius 1 is 1.12 bits per heavy atom. The number of hydrogen-bond donors (Lipinski definition) is 1. The lowest BCUT2D eigenvalue weighted by Crippen LogP contribution is -2.12. The van der Waals surface area contributed by atoms with Crippen LogP contribution in [0.25, 0.3) is 0 Å². The fourth-order valence-corrected chi connectivity index (χ4v) is 1.47. The van der Waals surface area contributed by atoms with E-state index < -0.39 is 17.3 Å². The molecular formula is C9H5F3O3S. The van der Waals surface area contributed by atoms with Crippen LogP contribution in [0.3, 0.4) is 0 Å². The molecule has 0 amide bonds. The zero-order valence-corrected chi connectivity index (χ0v) is 8.43. The quantitative estimate of drug-likeness (QED) is 0.509. The van der Waals surface area contributed by atoms with Gasteiger partial charge in [-0.1, -0.05) is 0 Å². The van der Waals surface area contributed by atoms with Gasteiger partial charge >= 0.3 is 11.5 Å². The third-order valence-corrected chi connectivity index (χ3v) is 2.28. The van der Waals surface area contributed by atoms with Gasteiger partial charge in [-0.2, -0.15) is 13.2 Å². The molecule has 0 saturated carbocycles. The molecule has 3 nitrogen and oxygen atoms in total. The van der Waals surface area contributed by atoms with Crippen LogP contribution in [0, 0.1) is 0 Å². The number of ketones is 1. The maximum Gasteiger partial charge on any atom is 0.446 e. The molecular weight excluding hydrogens is 245 g/mol. The van der Waals surface area contributed by atoms with Gasteiger partial charge in [0.25, 0.3) is 5.78 Å². The van der Waals surface area contributed by atoms with Crippen molar-refractivity contribution in [1.82, 2.24) is 0 Å². The Labute approximate surface area is 92.3 Å². The highest BCUT2D eigenvalue weighted by molar-refractivity contribution is 8.00. The first kappa shape index (κ1) is 12.6. The van der Waals surface area contributed by atoms with Crippen molar-refractivity contribution in [3.05, 3.63) is 29.8 Å². The van der Waals surface area contributed by atoms with Gasteiger partial charge in [-0.05, 0) is 36.0 Å². The van der Waals surface area contributed by atoms with Crippen LogP contribution in [0.5, 0.6) is 0 Å². The minimum atomic E-state index is -4.40. The molecule has 7 heteroatoms. The molecule has 1 aromatic rings. The molecule has 0 bridgehead atoms. The summed E-state index contributed by atoms with van der Waals surface area (Å²) in [5.74, 6) is -2.79. The van der Waals surface area contributed by atoms with Crippen molar-refractivity contribution < 1.29 is 27.9 Å². The number of alkyl halides is 3. The summed E-state index contributed by atoms with van der Waals surface area (Å²) in [5.41, 5.74) is -4.56. The monoisotopic (exact) mass is 250 g/mol. The molecule has 0 unspecified atom stereocenters. The van der Waals surface area contributed by atoms with Crippen LogP contribution in [0.2, 0.25) is 0 Å². The van der Waals surface area contributed by atoms with E-state index in [1.54, 1.807) is 0 Å². The molecule has 0 spiro atoms. The smallest absolute Gasteiger partial charge is 0.446 e. The molecule has 86 valence electrons. The molecule has 0 heterocycles. The second-order valence-corrected chi connectivity index (χ2v) is 3.84. The van der Waals surface area contributed by atoms with Gasteiger partial charge in [-0.3, -0.25) is 4.79 Å². The van der Waals surface area contributed by atoms with Gasteiger partial charge in [0.05, 0.1) is 0 Å². The van der Waals surface area contributed by atoms with Crippen molar-refractivity contribution in [2.45, 2.75) is 10.4 Å². The third-order valence-electron chi connectivity index (χ3n) is 1.54. The Morgan fingerprint density at radius 2 is 1.62 bits per heavy atom. The van der Waals surface area contributed by atoms with E-state index in [1.807, 2.05) is 0 Å². The summed E-state index contributed by atoms with van der Waals surface area (Å²) in [4.78, 5) is 21.1. The summed E-state index contributed by atoms with van der Waals surface area (Å²) >= 11 is -0.329. The standard InChI is InChI=1S/C9H5F3O3S/c10-9(11,12)16-6-3-1-5(2-4-6)7(13)8(14)15/h1-4H,(H,14,15). The van der Waals surface area contributed by atoms with Crippen molar-refractivity contribution in [3.63, 3.8) is 0 Å². The van der Waals surface area contributed by atoms with Crippen molar-refractivity contribution in [2.24, 2.45) is 0 Å². The van der Waals surface area contributed by atoms with Gasteiger partial charge in [-0.15, -0.1) is 0 Å². The summed E-state index contributed by atoms with van der Waals surface area (Å²) in [6, 6.07) is 4.19. The van der Waals surface area contributed by atoms with Crippen LogP contribution in [-0.2, 0) is 4.79 Å². The predicted octanol–water partition coefficient (Wildman–Crippen LogP) is 2.57. The van der Waals surface area contributed by atoms with Crippen molar-refractivity contribution >= 4 is 23.5 Å². The van der Waals surface area contributed by atoms with E-state index in [-0.39, 0.29) is 22.2 Å². The molecule has 1 rings (SSSR count). The van der Waals surface area contributed by atoms with E-state index >= 15 is 0 Å². The van der Waals surface area contributed by atoms with Crippen molar-refractivity contribution in [3.8, 4) is 0 Å². The first-order chi connectivity index (χ1) is 7.29. The number of thioether (sulfide) groups is 1. The predicted molar refractivity (Wildman–Crippen MR) is 50.3 cm³/mol. The highest BCUT2D eigenvalue weighted by atomic mass is 32.2. The molecule has 0 aliphatic heterocycles. The van der Waals surface area contributed by atoms with Crippen LogP contribution in [-0.4, -0.2) is 22.4 Å². The molecule has 0 saturated heterocycles. The number of carboxylic acids is 1. The normalized spacial score (nSPS) is 11.2. The molecule has 0 aliphatic rings. The lowest BCUT2D eigenvalue weighted by molar-refractivity contribution is -0.131. The topological polar surface area (TPSA) is 54.4 Å². The Kier molecular flexibility index (Phi) is 3.58. The lowest BCUT2D eigenvalue weighted by atomic mass is 10.1. The zero-order chi connectivity index (χ0) is 12.3. The number of benzene rings is 1. The molecule has 0 radical (unpaired) electrons. The molecule has 1 N–H and O–H groups in total. The summed E-state index contributed by atoms with van der Waals surface area (Å²) in [6.07, 6.45) is 0. The Bertz CT molecular complexity index is 411. The first-order valence-electron chi connectivity index (χ1n) is 3.93. The van der Waals surface area contributed by atoms with Gasteiger partial charge in [0.15, 0.2) is 0 Å². The average Bonchev–Trinajstić information content (AvgIpc) is 2.15. The van der Waals surface area contributed by atoms with Gasteiger partial charge in [-0.25, -0.2) is 4.79 Å². The van der Waals surface area contributed by atoms with E-state index in [9.17, 15) is 22.8 Å². The number of carbonyl (C=O) groups excluding carboxylic acids is 1. The lowest BCUT2D eigenvalue weighted by Gasteiger charge is -2.05. The molecule has 0 fully saturated rings. The summed E-state index contributed by atoms with van der Waals surface area (Å²) in [7, 11) is 0. The van der Waals surface area contributed by atoms with E-state index in [1.165, 1.54) is 0 Å². The number of aliphatic carboxylic acids is 1. The zero-order valence-electron chi connectivity index (χ0n) is 7.62. The fraction of sp³-hybridized carbons (Fsp3) is 0.111. The van der Waals surface area contributed by atoms with Crippen LogP contribution in [0.15, 0.2) is 29.2 Å². The van der Waals surface area contributed by atoms with Crippen LogP contribution < -0.4 is 0 Å². The van der Waals surface area contributed by atoms with E-state index in [4.69, 9.17) is 5.11 Å². The van der Waals surface area contributed by atoms with Gasteiger partial charge < -0.3 is 5.11 Å². The number of carboxylic acid groups (broad SMARTS) is 1. The number of halogens is 3. The third kappa shape index (κ3) is 3.58. The second kappa shape index (κ2) is 4.56. The SMILES string of the molecule is O=C(O)C(=O)c1ccc(SC(F)(F)F)cc1. The van der Waals surface area contributed by atoms with E-state index in [0.717, 1.165) is 24.3 Å². The highest BCUT2D eigenvalue weighted by Crippen LogP contribution is 2.36. The molecule has 0 aliphatic carbocycles. The molecule has 1 aromatic carbocycles.